The topological polar surface area (TPSA) is 65.4 Å². The van der Waals surface area contributed by atoms with Crippen LogP contribution < -0.4 is 14.8 Å². The Hall–Kier alpha value is -2.15. The predicted octanol–water partition coefficient (Wildman–Crippen LogP) is 3.74. The Balaban J connectivity index is 1.82. The lowest BCUT2D eigenvalue weighted by Gasteiger charge is -2.23. The van der Waals surface area contributed by atoms with Crippen LogP contribution in [0.4, 0.5) is 0 Å². The number of hydrogen-bond donors (Lipinski definition) is 1. The molecule has 0 unspecified atom stereocenters. The molecule has 0 bridgehead atoms. The van der Waals surface area contributed by atoms with E-state index >= 15 is 0 Å². The molecule has 0 aliphatic carbocycles. The average Bonchev–Trinajstić information content (AvgIpc) is 3.02. The molecule has 1 atom stereocenters. The summed E-state index contributed by atoms with van der Waals surface area (Å²) < 4.78 is 13.4. The summed E-state index contributed by atoms with van der Waals surface area (Å²) in [5, 5.41) is 3.62. The second-order valence-corrected chi connectivity index (χ2v) is 8.84. The molecule has 146 valence electrons. The van der Waals surface area contributed by atoms with Gasteiger partial charge in [0.2, 0.25) is 5.91 Å². The molecule has 7 heteroatoms. The number of imidazole rings is 1. The fourth-order valence-electron chi connectivity index (χ4n) is 2.87. The summed E-state index contributed by atoms with van der Waals surface area (Å²) >= 11 is 1.47. The molecule has 1 N–H and O–H groups in total. The van der Waals surface area contributed by atoms with E-state index in [1.807, 2.05) is 52.1 Å². The SMILES string of the molecule is CCn1c(-c2ccc3c(c2)OCCO3)cnc1S[C@H](C)C(=O)NC(C)(C)C. The first-order valence-corrected chi connectivity index (χ1v) is 10.1. The highest BCUT2D eigenvalue weighted by Crippen LogP contribution is 2.36. The Morgan fingerprint density at radius 1 is 1.30 bits per heavy atom. The molecule has 0 fully saturated rings. The van der Waals surface area contributed by atoms with Crippen molar-refractivity contribution in [2.24, 2.45) is 0 Å². The maximum atomic E-state index is 12.4. The third-order valence-corrected chi connectivity index (χ3v) is 5.23. The van der Waals surface area contributed by atoms with Crippen LogP contribution in [0.1, 0.15) is 34.6 Å². The van der Waals surface area contributed by atoms with Crippen molar-refractivity contribution in [1.29, 1.82) is 0 Å². The summed E-state index contributed by atoms with van der Waals surface area (Å²) in [6, 6.07) is 5.94. The Bertz CT molecular complexity index is 826. The highest BCUT2D eigenvalue weighted by molar-refractivity contribution is 8.00. The minimum atomic E-state index is -0.248. The van der Waals surface area contributed by atoms with E-state index in [4.69, 9.17) is 9.47 Å². The minimum absolute atomic E-state index is 0.0130. The molecule has 1 amide bonds. The number of rotatable bonds is 5. The fourth-order valence-corrected chi connectivity index (χ4v) is 3.82. The van der Waals surface area contributed by atoms with Gasteiger partial charge in [-0.05, 0) is 52.8 Å². The van der Waals surface area contributed by atoms with Gasteiger partial charge in [0.05, 0.1) is 17.1 Å². The van der Waals surface area contributed by atoms with Crippen LogP contribution in [-0.4, -0.2) is 39.5 Å². The summed E-state index contributed by atoms with van der Waals surface area (Å²) in [6.45, 7) is 11.8. The molecule has 0 saturated heterocycles. The summed E-state index contributed by atoms with van der Waals surface area (Å²) in [5.41, 5.74) is 1.77. The van der Waals surface area contributed by atoms with Crippen LogP contribution in [0.25, 0.3) is 11.3 Å². The second-order valence-electron chi connectivity index (χ2n) is 7.53. The summed E-state index contributed by atoms with van der Waals surface area (Å²) in [6.07, 6.45) is 1.85. The minimum Gasteiger partial charge on any atom is -0.486 e. The van der Waals surface area contributed by atoms with E-state index in [2.05, 4.69) is 21.8 Å². The standard InChI is InChI=1S/C20H27N3O3S/c1-6-23-15(14-7-8-16-17(11-14)26-10-9-25-16)12-21-19(23)27-13(2)18(24)22-20(3,4)5/h7-8,11-13H,6,9-10H2,1-5H3,(H,22,24)/t13-/m1/s1. The highest BCUT2D eigenvalue weighted by atomic mass is 32.2. The van der Waals surface area contributed by atoms with Gasteiger partial charge >= 0.3 is 0 Å². The number of carbonyl (C=O) groups is 1. The second kappa shape index (κ2) is 7.84. The number of amides is 1. The highest BCUT2D eigenvalue weighted by Gasteiger charge is 2.23. The van der Waals surface area contributed by atoms with Gasteiger partial charge < -0.3 is 19.4 Å². The lowest BCUT2D eigenvalue weighted by Crippen LogP contribution is -2.44. The van der Waals surface area contributed by atoms with Crippen LogP contribution in [0.3, 0.4) is 0 Å². The number of ether oxygens (including phenoxy) is 2. The smallest absolute Gasteiger partial charge is 0.233 e. The van der Waals surface area contributed by atoms with Gasteiger partial charge in [-0.15, -0.1) is 0 Å². The maximum Gasteiger partial charge on any atom is 0.233 e. The first-order valence-electron chi connectivity index (χ1n) is 9.22. The van der Waals surface area contributed by atoms with Crippen LogP contribution in [0.2, 0.25) is 0 Å². The fraction of sp³-hybridized carbons (Fsp3) is 0.500. The van der Waals surface area contributed by atoms with Crippen LogP contribution >= 0.6 is 11.8 Å². The molecule has 2 heterocycles. The Morgan fingerprint density at radius 3 is 2.67 bits per heavy atom. The number of fused-ring (bicyclic) bond motifs is 1. The zero-order valence-corrected chi connectivity index (χ0v) is 17.4. The lowest BCUT2D eigenvalue weighted by molar-refractivity contribution is -0.121. The van der Waals surface area contributed by atoms with E-state index in [0.29, 0.717) is 13.2 Å². The summed E-state index contributed by atoms with van der Waals surface area (Å²) in [5.74, 6) is 1.54. The van der Waals surface area contributed by atoms with Crippen LogP contribution in [0.5, 0.6) is 11.5 Å². The Kier molecular flexibility index (Phi) is 5.69. The Morgan fingerprint density at radius 2 is 2.00 bits per heavy atom. The lowest BCUT2D eigenvalue weighted by atomic mass is 10.1. The van der Waals surface area contributed by atoms with Crippen molar-refractivity contribution >= 4 is 17.7 Å². The van der Waals surface area contributed by atoms with Crippen molar-refractivity contribution in [1.82, 2.24) is 14.9 Å². The van der Waals surface area contributed by atoms with Gasteiger partial charge in [-0.25, -0.2) is 4.98 Å². The molecule has 0 radical (unpaired) electrons. The zero-order valence-electron chi connectivity index (χ0n) is 16.5. The van der Waals surface area contributed by atoms with Gasteiger partial charge in [0.1, 0.15) is 13.2 Å². The Labute approximate surface area is 164 Å². The molecule has 2 aromatic rings. The molecule has 0 saturated carbocycles. The number of hydrogen-bond acceptors (Lipinski definition) is 5. The molecule has 27 heavy (non-hydrogen) atoms. The molecule has 1 aromatic heterocycles. The monoisotopic (exact) mass is 389 g/mol. The number of nitrogens with zero attached hydrogens (tertiary/aromatic N) is 2. The molecular weight excluding hydrogens is 362 g/mol. The van der Waals surface area contributed by atoms with Crippen molar-refractivity contribution in [3.8, 4) is 22.8 Å². The molecule has 0 spiro atoms. The first kappa shape index (κ1) is 19.6. The molecule has 1 aromatic carbocycles. The third kappa shape index (κ3) is 4.58. The van der Waals surface area contributed by atoms with Crippen molar-refractivity contribution in [3.63, 3.8) is 0 Å². The number of nitrogens with one attached hydrogen (secondary N) is 1. The van der Waals surface area contributed by atoms with Gasteiger partial charge in [-0.3, -0.25) is 4.79 Å². The summed E-state index contributed by atoms with van der Waals surface area (Å²) in [7, 11) is 0. The van der Waals surface area contributed by atoms with Gasteiger partial charge in [0.15, 0.2) is 16.7 Å². The largest absolute Gasteiger partial charge is 0.486 e. The van der Waals surface area contributed by atoms with E-state index < -0.39 is 0 Å². The first-order chi connectivity index (χ1) is 12.8. The molecule has 6 nitrogen and oxygen atoms in total. The van der Waals surface area contributed by atoms with Crippen molar-refractivity contribution in [2.75, 3.05) is 13.2 Å². The van der Waals surface area contributed by atoms with E-state index in [0.717, 1.165) is 34.5 Å². The number of aromatic nitrogens is 2. The third-order valence-electron chi connectivity index (χ3n) is 4.12. The van der Waals surface area contributed by atoms with Crippen molar-refractivity contribution in [2.45, 2.75) is 57.1 Å². The molecule has 1 aliphatic rings. The molecule has 3 rings (SSSR count). The van der Waals surface area contributed by atoms with Crippen LogP contribution in [0, 0.1) is 0 Å². The molecule has 1 aliphatic heterocycles. The number of benzene rings is 1. The van der Waals surface area contributed by atoms with Crippen LogP contribution in [-0.2, 0) is 11.3 Å². The van der Waals surface area contributed by atoms with E-state index in [1.54, 1.807) is 0 Å². The van der Waals surface area contributed by atoms with E-state index in [9.17, 15) is 4.79 Å². The number of thioether (sulfide) groups is 1. The summed E-state index contributed by atoms with van der Waals surface area (Å²) in [4.78, 5) is 17.0. The van der Waals surface area contributed by atoms with Crippen LogP contribution in [0.15, 0.2) is 29.6 Å². The van der Waals surface area contributed by atoms with E-state index in [1.165, 1.54) is 11.8 Å². The zero-order chi connectivity index (χ0) is 19.6. The quantitative estimate of drug-likeness (QED) is 0.789. The molecular formula is C20H27N3O3S. The maximum absolute atomic E-state index is 12.4. The van der Waals surface area contributed by atoms with Gasteiger partial charge in [0.25, 0.3) is 0 Å². The van der Waals surface area contributed by atoms with Gasteiger partial charge in [-0.2, -0.15) is 0 Å². The predicted molar refractivity (Wildman–Crippen MR) is 108 cm³/mol. The number of carbonyl (C=O) groups excluding carboxylic acids is 1. The van der Waals surface area contributed by atoms with E-state index in [-0.39, 0.29) is 16.7 Å². The van der Waals surface area contributed by atoms with Gasteiger partial charge in [-0.1, -0.05) is 11.8 Å². The van der Waals surface area contributed by atoms with Crippen molar-refractivity contribution in [3.05, 3.63) is 24.4 Å². The normalized spacial score (nSPS) is 14.7. The van der Waals surface area contributed by atoms with Gasteiger partial charge in [0, 0.05) is 17.6 Å². The van der Waals surface area contributed by atoms with Crippen molar-refractivity contribution < 1.29 is 14.3 Å². The average molecular weight is 390 g/mol.